The molecule has 0 atom stereocenters. The van der Waals surface area contributed by atoms with Crippen molar-refractivity contribution >= 4 is 15.7 Å². The van der Waals surface area contributed by atoms with Crippen LogP contribution in [0, 0.1) is 0 Å². The van der Waals surface area contributed by atoms with Gasteiger partial charge < -0.3 is 10.6 Å². The second-order valence-corrected chi connectivity index (χ2v) is 6.32. The molecule has 19 heavy (non-hydrogen) atoms. The van der Waals surface area contributed by atoms with Crippen LogP contribution in [0.4, 0.5) is 0 Å². The van der Waals surface area contributed by atoms with Gasteiger partial charge in [0, 0.05) is 24.9 Å². The van der Waals surface area contributed by atoms with Crippen LogP contribution >= 0.6 is 0 Å². The number of carbonyl (C=O) groups excluding carboxylic acids is 1. The second kappa shape index (κ2) is 7.25. The van der Waals surface area contributed by atoms with Gasteiger partial charge in [-0.3, -0.25) is 4.79 Å². The van der Waals surface area contributed by atoms with Crippen molar-refractivity contribution in [3.8, 4) is 0 Å². The Morgan fingerprint density at radius 2 is 1.74 bits per heavy atom. The van der Waals surface area contributed by atoms with Crippen molar-refractivity contribution in [2.75, 3.05) is 25.9 Å². The first kappa shape index (κ1) is 15.7. The molecule has 0 aliphatic carbocycles. The first-order valence-corrected chi connectivity index (χ1v) is 8.13. The number of hydrogen-bond acceptors (Lipinski definition) is 4. The van der Waals surface area contributed by atoms with E-state index in [2.05, 4.69) is 17.6 Å². The zero-order valence-electron chi connectivity index (χ0n) is 11.3. The van der Waals surface area contributed by atoms with Gasteiger partial charge in [0.1, 0.15) is 0 Å². The lowest BCUT2D eigenvalue weighted by molar-refractivity contribution is 0.0954. The van der Waals surface area contributed by atoms with E-state index >= 15 is 0 Å². The molecule has 2 N–H and O–H groups in total. The minimum Gasteiger partial charge on any atom is -0.351 e. The number of rotatable bonds is 7. The van der Waals surface area contributed by atoms with Crippen molar-refractivity contribution in [3.63, 3.8) is 0 Å². The van der Waals surface area contributed by atoms with E-state index in [0.717, 1.165) is 25.8 Å². The van der Waals surface area contributed by atoms with Crippen molar-refractivity contribution in [1.82, 2.24) is 10.6 Å². The quantitative estimate of drug-likeness (QED) is 0.727. The Morgan fingerprint density at radius 3 is 2.26 bits per heavy atom. The summed E-state index contributed by atoms with van der Waals surface area (Å²) in [7, 11) is -3.21. The molecule has 1 amide bonds. The molecule has 1 aromatic carbocycles. The van der Waals surface area contributed by atoms with Crippen LogP contribution in [0.1, 0.15) is 23.7 Å². The van der Waals surface area contributed by atoms with Gasteiger partial charge in [0.05, 0.1) is 4.90 Å². The van der Waals surface area contributed by atoms with E-state index in [0.29, 0.717) is 12.1 Å². The number of amides is 1. The molecule has 0 saturated heterocycles. The maximum absolute atomic E-state index is 11.8. The molecule has 0 unspecified atom stereocenters. The Balaban J connectivity index is 2.50. The van der Waals surface area contributed by atoms with Crippen molar-refractivity contribution in [2.45, 2.75) is 18.2 Å². The Labute approximate surface area is 114 Å². The minimum absolute atomic E-state index is 0.196. The van der Waals surface area contributed by atoms with Crippen molar-refractivity contribution < 1.29 is 13.2 Å². The van der Waals surface area contributed by atoms with Crippen LogP contribution < -0.4 is 10.6 Å². The summed E-state index contributed by atoms with van der Waals surface area (Å²) < 4.78 is 22.6. The van der Waals surface area contributed by atoms with E-state index < -0.39 is 9.84 Å². The van der Waals surface area contributed by atoms with Crippen LogP contribution in [0.5, 0.6) is 0 Å². The molecule has 0 heterocycles. The van der Waals surface area contributed by atoms with Gasteiger partial charge in [0.25, 0.3) is 5.91 Å². The molecule has 5 nitrogen and oxygen atoms in total. The number of sulfone groups is 1. The maximum atomic E-state index is 11.8. The van der Waals surface area contributed by atoms with Crippen molar-refractivity contribution in [2.24, 2.45) is 0 Å². The molecule has 0 saturated carbocycles. The molecule has 0 spiro atoms. The van der Waals surface area contributed by atoms with E-state index in [-0.39, 0.29) is 10.8 Å². The zero-order chi connectivity index (χ0) is 14.3. The average Bonchev–Trinajstić information content (AvgIpc) is 2.37. The fourth-order valence-corrected chi connectivity index (χ4v) is 2.15. The fourth-order valence-electron chi connectivity index (χ4n) is 1.52. The molecule has 0 aromatic heterocycles. The zero-order valence-corrected chi connectivity index (χ0v) is 12.1. The summed E-state index contributed by atoms with van der Waals surface area (Å²) in [5.74, 6) is -0.196. The first-order valence-electron chi connectivity index (χ1n) is 6.24. The average molecular weight is 284 g/mol. The van der Waals surface area contributed by atoms with Gasteiger partial charge >= 0.3 is 0 Å². The molecule has 0 bridgehead atoms. The third kappa shape index (κ3) is 5.40. The number of carbonyl (C=O) groups is 1. The minimum atomic E-state index is -3.21. The third-order valence-corrected chi connectivity index (χ3v) is 3.69. The molecule has 106 valence electrons. The van der Waals surface area contributed by atoms with E-state index in [1.165, 1.54) is 24.3 Å². The van der Waals surface area contributed by atoms with Gasteiger partial charge in [-0.1, -0.05) is 6.92 Å². The Hall–Kier alpha value is -1.40. The normalized spacial score (nSPS) is 11.3. The highest BCUT2D eigenvalue weighted by molar-refractivity contribution is 7.90. The highest BCUT2D eigenvalue weighted by atomic mass is 32.2. The second-order valence-electron chi connectivity index (χ2n) is 4.30. The van der Waals surface area contributed by atoms with Crippen LogP contribution in [0.2, 0.25) is 0 Å². The lowest BCUT2D eigenvalue weighted by Gasteiger charge is -2.06. The lowest BCUT2D eigenvalue weighted by Crippen LogP contribution is -2.32. The maximum Gasteiger partial charge on any atom is 0.251 e. The molecule has 0 fully saturated rings. The highest BCUT2D eigenvalue weighted by Gasteiger charge is 2.09. The molecular formula is C13H20N2O3S. The van der Waals surface area contributed by atoms with E-state index in [9.17, 15) is 13.2 Å². The number of hydrogen-bond donors (Lipinski definition) is 2. The third-order valence-electron chi connectivity index (χ3n) is 2.56. The summed E-state index contributed by atoms with van der Waals surface area (Å²) in [6, 6.07) is 5.93. The molecular weight excluding hydrogens is 264 g/mol. The van der Waals surface area contributed by atoms with E-state index in [1.807, 2.05) is 0 Å². The smallest absolute Gasteiger partial charge is 0.251 e. The summed E-state index contributed by atoms with van der Waals surface area (Å²) in [4.78, 5) is 12.0. The van der Waals surface area contributed by atoms with Crippen LogP contribution in [0.25, 0.3) is 0 Å². The molecule has 1 rings (SSSR count). The summed E-state index contributed by atoms with van der Waals surface area (Å²) in [6.45, 7) is 4.28. The van der Waals surface area contributed by atoms with Crippen LogP contribution in [0.3, 0.4) is 0 Å². The molecule has 0 aliphatic rings. The molecule has 1 aromatic rings. The summed E-state index contributed by atoms with van der Waals surface area (Å²) >= 11 is 0. The van der Waals surface area contributed by atoms with E-state index in [1.54, 1.807) is 0 Å². The predicted molar refractivity (Wildman–Crippen MR) is 75.0 cm³/mol. The van der Waals surface area contributed by atoms with Gasteiger partial charge in [-0.2, -0.15) is 0 Å². The first-order chi connectivity index (χ1) is 8.95. The van der Waals surface area contributed by atoms with Crippen LogP contribution in [-0.2, 0) is 9.84 Å². The fraction of sp³-hybridized carbons (Fsp3) is 0.462. The molecule has 0 aliphatic heterocycles. The van der Waals surface area contributed by atoms with Crippen LogP contribution in [-0.4, -0.2) is 40.2 Å². The van der Waals surface area contributed by atoms with Gasteiger partial charge in [0.15, 0.2) is 9.84 Å². The summed E-state index contributed by atoms with van der Waals surface area (Å²) in [5, 5.41) is 5.94. The largest absolute Gasteiger partial charge is 0.351 e. The van der Waals surface area contributed by atoms with Gasteiger partial charge in [-0.15, -0.1) is 0 Å². The number of benzene rings is 1. The summed E-state index contributed by atoms with van der Waals surface area (Å²) in [5.41, 5.74) is 0.461. The van der Waals surface area contributed by atoms with Gasteiger partial charge in [-0.05, 0) is 37.2 Å². The SMILES string of the molecule is CCCNCCNC(=O)c1ccc(S(C)(=O)=O)cc1. The lowest BCUT2D eigenvalue weighted by atomic mass is 10.2. The highest BCUT2D eigenvalue weighted by Crippen LogP contribution is 2.10. The van der Waals surface area contributed by atoms with Crippen molar-refractivity contribution in [1.29, 1.82) is 0 Å². The Morgan fingerprint density at radius 1 is 1.11 bits per heavy atom. The summed E-state index contributed by atoms with van der Waals surface area (Å²) in [6.07, 6.45) is 2.20. The van der Waals surface area contributed by atoms with Crippen LogP contribution in [0.15, 0.2) is 29.2 Å². The van der Waals surface area contributed by atoms with Gasteiger partial charge in [-0.25, -0.2) is 8.42 Å². The van der Waals surface area contributed by atoms with Gasteiger partial charge in [0.2, 0.25) is 0 Å². The monoisotopic (exact) mass is 284 g/mol. The van der Waals surface area contributed by atoms with Crippen molar-refractivity contribution in [3.05, 3.63) is 29.8 Å². The molecule has 0 radical (unpaired) electrons. The Bertz CT molecular complexity index is 509. The van der Waals surface area contributed by atoms with E-state index in [4.69, 9.17) is 0 Å². The molecule has 6 heteroatoms. The standard InChI is InChI=1S/C13H20N2O3S/c1-3-8-14-9-10-15-13(16)11-4-6-12(7-5-11)19(2,17)18/h4-7,14H,3,8-10H2,1-2H3,(H,15,16). The number of nitrogens with one attached hydrogen (secondary N) is 2. The predicted octanol–water partition coefficient (Wildman–Crippen LogP) is 0.819. The topological polar surface area (TPSA) is 75.3 Å². The Kier molecular flexibility index (Phi) is 5.98.